The van der Waals surface area contributed by atoms with Crippen molar-refractivity contribution in [2.45, 2.75) is 26.2 Å². The van der Waals surface area contributed by atoms with Gasteiger partial charge in [0.15, 0.2) is 5.01 Å². The fourth-order valence-electron chi connectivity index (χ4n) is 1.49. The van der Waals surface area contributed by atoms with Crippen LogP contribution in [0.1, 0.15) is 24.8 Å². The van der Waals surface area contributed by atoms with E-state index in [9.17, 15) is 10.2 Å². The number of aryl methyl sites for hydroxylation is 1. The molecule has 1 aromatic heterocycles. The van der Waals surface area contributed by atoms with Crippen molar-refractivity contribution in [1.82, 2.24) is 10.2 Å². The summed E-state index contributed by atoms with van der Waals surface area (Å²) >= 11 is 1.48. The Bertz CT molecular complexity index is 511. The lowest BCUT2D eigenvalue weighted by Gasteiger charge is -2.00. The Morgan fingerprint density at radius 1 is 1.24 bits per heavy atom. The van der Waals surface area contributed by atoms with E-state index in [-0.39, 0.29) is 11.5 Å². The molecule has 0 saturated heterocycles. The molecule has 0 amide bonds. The quantitative estimate of drug-likeness (QED) is 0.875. The van der Waals surface area contributed by atoms with E-state index in [0.29, 0.717) is 10.6 Å². The summed E-state index contributed by atoms with van der Waals surface area (Å²) < 4.78 is 0. The SMILES string of the molecule is CCCCc1nnc(-c2ccc(O)cc2O)s1. The number of hydrogen-bond donors (Lipinski definition) is 2. The van der Waals surface area contributed by atoms with E-state index in [4.69, 9.17) is 0 Å². The first-order valence-corrected chi connectivity index (χ1v) is 6.37. The maximum atomic E-state index is 9.71. The lowest BCUT2D eigenvalue weighted by Crippen LogP contribution is -1.82. The normalized spacial score (nSPS) is 10.6. The second kappa shape index (κ2) is 5.14. The summed E-state index contributed by atoms with van der Waals surface area (Å²) in [7, 11) is 0. The standard InChI is InChI=1S/C12H14N2O2S/c1-2-3-4-11-13-14-12(17-11)9-6-5-8(15)7-10(9)16/h5-7,15-16H,2-4H2,1H3. The van der Waals surface area contributed by atoms with Crippen LogP contribution in [0.15, 0.2) is 18.2 Å². The lowest BCUT2D eigenvalue weighted by atomic mass is 10.2. The van der Waals surface area contributed by atoms with Crippen molar-refractivity contribution in [1.29, 1.82) is 0 Å². The Labute approximate surface area is 104 Å². The second-order valence-electron chi connectivity index (χ2n) is 3.81. The molecule has 0 bridgehead atoms. The van der Waals surface area contributed by atoms with Crippen LogP contribution in [0.4, 0.5) is 0 Å². The van der Waals surface area contributed by atoms with Gasteiger partial charge < -0.3 is 10.2 Å². The summed E-state index contributed by atoms with van der Waals surface area (Å²) in [6, 6.07) is 4.49. The number of phenols is 2. The van der Waals surface area contributed by atoms with Gasteiger partial charge in [-0.3, -0.25) is 0 Å². The highest BCUT2D eigenvalue weighted by atomic mass is 32.1. The van der Waals surface area contributed by atoms with E-state index >= 15 is 0 Å². The molecule has 0 saturated carbocycles. The number of phenolic OH excluding ortho intramolecular Hbond substituents is 2. The molecule has 0 radical (unpaired) electrons. The average molecular weight is 250 g/mol. The van der Waals surface area contributed by atoms with E-state index in [1.165, 1.54) is 23.5 Å². The van der Waals surface area contributed by atoms with E-state index in [1.54, 1.807) is 6.07 Å². The van der Waals surface area contributed by atoms with Gasteiger partial charge in [-0.05, 0) is 18.6 Å². The van der Waals surface area contributed by atoms with Crippen LogP contribution in [-0.2, 0) is 6.42 Å². The second-order valence-corrected chi connectivity index (χ2v) is 4.87. The number of hydrogen-bond acceptors (Lipinski definition) is 5. The van der Waals surface area contributed by atoms with Crippen LogP contribution in [0.5, 0.6) is 11.5 Å². The third-order valence-corrected chi connectivity index (χ3v) is 3.44. The van der Waals surface area contributed by atoms with Gasteiger partial charge in [0.2, 0.25) is 0 Å². The number of benzene rings is 1. The van der Waals surface area contributed by atoms with E-state index in [1.807, 2.05) is 0 Å². The van der Waals surface area contributed by atoms with Crippen LogP contribution in [-0.4, -0.2) is 20.4 Å². The number of aromatic nitrogens is 2. The summed E-state index contributed by atoms with van der Waals surface area (Å²) in [5.74, 6) is 0.0742. The van der Waals surface area contributed by atoms with Crippen molar-refractivity contribution in [2.75, 3.05) is 0 Å². The van der Waals surface area contributed by atoms with Gasteiger partial charge in [-0.1, -0.05) is 24.7 Å². The smallest absolute Gasteiger partial charge is 0.151 e. The van der Waals surface area contributed by atoms with Crippen LogP contribution < -0.4 is 0 Å². The van der Waals surface area contributed by atoms with Gasteiger partial charge >= 0.3 is 0 Å². The molecule has 1 heterocycles. The monoisotopic (exact) mass is 250 g/mol. The van der Waals surface area contributed by atoms with E-state index < -0.39 is 0 Å². The first-order chi connectivity index (χ1) is 8.20. The van der Waals surface area contributed by atoms with Gasteiger partial charge in [-0.15, -0.1) is 10.2 Å². The molecule has 0 spiro atoms. The van der Waals surface area contributed by atoms with Gasteiger partial charge in [0, 0.05) is 12.5 Å². The topological polar surface area (TPSA) is 66.2 Å². The van der Waals surface area contributed by atoms with E-state index in [2.05, 4.69) is 17.1 Å². The van der Waals surface area contributed by atoms with Gasteiger partial charge in [-0.25, -0.2) is 0 Å². The summed E-state index contributed by atoms with van der Waals surface area (Å²) in [4.78, 5) is 0. The molecule has 4 nitrogen and oxygen atoms in total. The van der Waals surface area contributed by atoms with Crippen LogP contribution in [0, 0.1) is 0 Å². The zero-order valence-electron chi connectivity index (χ0n) is 9.55. The molecule has 5 heteroatoms. The van der Waals surface area contributed by atoms with Crippen LogP contribution in [0.2, 0.25) is 0 Å². The minimum Gasteiger partial charge on any atom is -0.508 e. The van der Waals surface area contributed by atoms with Gasteiger partial charge in [-0.2, -0.15) is 0 Å². The van der Waals surface area contributed by atoms with Crippen molar-refractivity contribution in [2.24, 2.45) is 0 Å². The molecule has 2 N–H and O–H groups in total. The van der Waals surface area contributed by atoms with Gasteiger partial charge in [0.05, 0.1) is 5.56 Å². The molecule has 90 valence electrons. The molecule has 2 rings (SSSR count). The Balaban J connectivity index is 2.24. The first-order valence-electron chi connectivity index (χ1n) is 5.55. The number of rotatable bonds is 4. The number of nitrogens with zero attached hydrogens (tertiary/aromatic N) is 2. The lowest BCUT2D eigenvalue weighted by molar-refractivity contribution is 0.452. The molecule has 17 heavy (non-hydrogen) atoms. The fraction of sp³-hybridized carbons (Fsp3) is 0.333. The summed E-state index contributed by atoms with van der Waals surface area (Å²) in [5.41, 5.74) is 0.614. The largest absolute Gasteiger partial charge is 0.508 e. The predicted octanol–water partition coefficient (Wildman–Crippen LogP) is 2.96. The Morgan fingerprint density at radius 2 is 2.06 bits per heavy atom. The molecule has 0 unspecified atom stereocenters. The molecule has 0 fully saturated rings. The summed E-state index contributed by atoms with van der Waals surface area (Å²) in [5, 5.41) is 28.7. The molecular weight excluding hydrogens is 236 g/mol. The minimum absolute atomic E-state index is 0.0307. The number of unbranched alkanes of at least 4 members (excludes halogenated alkanes) is 1. The Kier molecular flexibility index (Phi) is 3.58. The maximum absolute atomic E-state index is 9.71. The molecule has 0 aliphatic rings. The van der Waals surface area contributed by atoms with Crippen LogP contribution in [0.25, 0.3) is 10.6 Å². The zero-order chi connectivity index (χ0) is 12.3. The minimum atomic E-state index is 0.0307. The maximum Gasteiger partial charge on any atom is 0.151 e. The zero-order valence-corrected chi connectivity index (χ0v) is 10.4. The van der Waals surface area contributed by atoms with Gasteiger partial charge in [0.1, 0.15) is 16.5 Å². The molecule has 0 aliphatic heterocycles. The summed E-state index contributed by atoms with van der Waals surface area (Å²) in [6.45, 7) is 2.13. The highest BCUT2D eigenvalue weighted by Crippen LogP contribution is 2.33. The molecular formula is C12H14N2O2S. The Morgan fingerprint density at radius 3 is 2.76 bits per heavy atom. The van der Waals surface area contributed by atoms with Crippen molar-refractivity contribution in [3.8, 4) is 22.1 Å². The van der Waals surface area contributed by atoms with E-state index in [0.717, 1.165) is 24.3 Å². The highest BCUT2D eigenvalue weighted by Gasteiger charge is 2.10. The van der Waals surface area contributed by atoms with Gasteiger partial charge in [0.25, 0.3) is 0 Å². The van der Waals surface area contributed by atoms with Crippen LogP contribution in [0.3, 0.4) is 0 Å². The third kappa shape index (κ3) is 2.74. The number of aromatic hydroxyl groups is 2. The molecule has 2 aromatic rings. The van der Waals surface area contributed by atoms with Crippen molar-refractivity contribution in [3.05, 3.63) is 23.2 Å². The molecule has 1 aromatic carbocycles. The first kappa shape index (κ1) is 11.9. The Hall–Kier alpha value is -1.62. The molecule has 0 aliphatic carbocycles. The third-order valence-electron chi connectivity index (χ3n) is 2.42. The van der Waals surface area contributed by atoms with Crippen molar-refractivity contribution < 1.29 is 10.2 Å². The van der Waals surface area contributed by atoms with Crippen molar-refractivity contribution >= 4 is 11.3 Å². The average Bonchev–Trinajstić information content (AvgIpc) is 2.75. The van der Waals surface area contributed by atoms with Crippen molar-refractivity contribution in [3.63, 3.8) is 0 Å². The predicted molar refractivity (Wildman–Crippen MR) is 67.3 cm³/mol. The molecule has 0 atom stereocenters. The highest BCUT2D eigenvalue weighted by molar-refractivity contribution is 7.14. The summed E-state index contributed by atoms with van der Waals surface area (Å²) in [6.07, 6.45) is 3.14. The van der Waals surface area contributed by atoms with Crippen LogP contribution >= 0.6 is 11.3 Å². The fourth-order valence-corrected chi connectivity index (χ4v) is 2.41.